The van der Waals surface area contributed by atoms with Crippen molar-refractivity contribution in [1.82, 2.24) is 10.6 Å². The van der Waals surface area contributed by atoms with E-state index in [1.165, 1.54) is 0 Å². The lowest BCUT2D eigenvalue weighted by atomic mass is 10.1. The number of nitrogens with one attached hydrogen (secondary N) is 2. The molecule has 0 spiro atoms. The number of nitrogens with zero attached hydrogens (tertiary/aromatic N) is 1. The number of rotatable bonds is 7. The molecule has 0 fully saturated rings. The van der Waals surface area contributed by atoms with E-state index in [-0.39, 0.29) is 0 Å². The highest BCUT2D eigenvalue weighted by Crippen LogP contribution is 2.15. The van der Waals surface area contributed by atoms with Crippen molar-refractivity contribution >= 4 is 17.6 Å². The van der Waals surface area contributed by atoms with Crippen LogP contribution in [-0.2, 0) is 6.54 Å². The molecule has 0 radical (unpaired) electrons. The second-order valence-corrected chi connectivity index (χ2v) is 5.90. The van der Waals surface area contributed by atoms with Crippen LogP contribution in [0.2, 0.25) is 5.02 Å². The summed E-state index contributed by atoms with van der Waals surface area (Å²) in [5, 5.41) is 17.4. The molecule has 0 bridgehead atoms. The molecule has 1 unspecified atom stereocenters. The molecule has 128 valence electrons. The molecule has 0 amide bonds. The molecular weight excluding hydrogens is 322 g/mol. The van der Waals surface area contributed by atoms with Gasteiger partial charge < -0.3 is 15.7 Å². The summed E-state index contributed by atoms with van der Waals surface area (Å²) in [6, 6.07) is 17.4. The van der Waals surface area contributed by atoms with Crippen molar-refractivity contribution in [2.24, 2.45) is 4.99 Å². The molecule has 0 aliphatic rings. The van der Waals surface area contributed by atoms with Gasteiger partial charge in [0.05, 0.1) is 12.6 Å². The van der Waals surface area contributed by atoms with Gasteiger partial charge >= 0.3 is 0 Å². The molecule has 2 aromatic rings. The predicted molar refractivity (Wildman–Crippen MR) is 100 cm³/mol. The highest BCUT2D eigenvalue weighted by molar-refractivity contribution is 6.30. The van der Waals surface area contributed by atoms with E-state index in [9.17, 15) is 5.11 Å². The Labute approximate surface area is 148 Å². The second kappa shape index (κ2) is 9.96. The molecular formula is C19H24ClN3O. The van der Waals surface area contributed by atoms with Crippen LogP contribution < -0.4 is 10.6 Å². The Bertz CT molecular complexity index is 646. The monoisotopic (exact) mass is 345 g/mol. The summed E-state index contributed by atoms with van der Waals surface area (Å²) in [6.07, 6.45) is 0.139. The first-order valence-corrected chi connectivity index (χ1v) is 8.56. The Balaban J connectivity index is 1.85. The standard InChI is InChI=1S/C19H24ClN3O/c1-2-21-19(23-14-15-7-6-10-17(20)13-15)22-12-11-18(24)16-8-4-3-5-9-16/h3-10,13,18,24H,2,11-12,14H2,1H3,(H2,21,22,23). The minimum atomic E-state index is -0.477. The molecule has 2 rings (SSSR count). The second-order valence-electron chi connectivity index (χ2n) is 5.47. The fourth-order valence-electron chi connectivity index (χ4n) is 2.32. The van der Waals surface area contributed by atoms with Crippen LogP contribution in [-0.4, -0.2) is 24.2 Å². The fourth-order valence-corrected chi connectivity index (χ4v) is 2.53. The van der Waals surface area contributed by atoms with E-state index >= 15 is 0 Å². The summed E-state index contributed by atoms with van der Waals surface area (Å²) in [7, 11) is 0. The first-order chi connectivity index (χ1) is 11.7. The van der Waals surface area contributed by atoms with Gasteiger partial charge in [0.2, 0.25) is 0 Å². The minimum Gasteiger partial charge on any atom is -0.388 e. The fraction of sp³-hybridized carbons (Fsp3) is 0.316. The van der Waals surface area contributed by atoms with Crippen LogP contribution in [0.3, 0.4) is 0 Å². The van der Waals surface area contributed by atoms with E-state index in [0.717, 1.165) is 23.6 Å². The molecule has 0 aliphatic carbocycles. The van der Waals surface area contributed by atoms with Gasteiger partial charge in [0.15, 0.2) is 5.96 Å². The summed E-state index contributed by atoms with van der Waals surface area (Å²) in [6.45, 7) is 3.99. The van der Waals surface area contributed by atoms with Crippen LogP contribution in [0.4, 0.5) is 0 Å². The molecule has 2 aromatic carbocycles. The van der Waals surface area contributed by atoms with Crippen molar-refractivity contribution in [2.45, 2.75) is 26.0 Å². The third-order valence-electron chi connectivity index (χ3n) is 3.55. The van der Waals surface area contributed by atoms with Crippen LogP contribution in [0.1, 0.15) is 30.6 Å². The predicted octanol–water partition coefficient (Wildman–Crippen LogP) is 3.52. The zero-order valence-corrected chi connectivity index (χ0v) is 14.6. The highest BCUT2D eigenvalue weighted by Gasteiger charge is 2.07. The number of aliphatic hydroxyl groups excluding tert-OH is 1. The van der Waals surface area contributed by atoms with E-state index in [4.69, 9.17) is 11.6 Å². The third kappa shape index (κ3) is 6.22. The smallest absolute Gasteiger partial charge is 0.191 e. The van der Waals surface area contributed by atoms with E-state index in [2.05, 4.69) is 15.6 Å². The maximum atomic E-state index is 10.2. The average Bonchev–Trinajstić information content (AvgIpc) is 2.60. The summed E-state index contributed by atoms with van der Waals surface area (Å²) >= 11 is 5.99. The van der Waals surface area contributed by atoms with Crippen molar-refractivity contribution in [3.05, 3.63) is 70.7 Å². The average molecular weight is 346 g/mol. The number of guanidine groups is 1. The van der Waals surface area contributed by atoms with Crippen molar-refractivity contribution in [1.29, 1.82) is 0 Å². The van der Waals surface area contributed by atoms with Gasteiger partial charge in [-0.25, -0.2) is 4.99 Å². The van der Waals surface area contributed by atoms with Crippen molar-refractivity contribution in [2.75, 3.05) is 13.1 Å². The number of aliphatic imine (C=N–C) groups is 1. The SMILES string of the molecule is CCNC(=NCc1cccc(Cl)c1)NCCC(O)c1ccccc1. The lowest BCUT2D eigenvalue weighted by Crippen LogP contribution is -2.38. The molecule has 5 heteroatoms. The lowest BCUT2D eigenvalue weighted by molar-refractivity contribution is 0.168. The number of halogens is 1. The van der Waals surface area contributed by atoms with Crippen LogP contribution in [0.15, 0.2) is 59.6 Å². The van der Waals surface area contributed by atoms with Gasteiger partial charge in [0.1, 0.15) is 0 Å². The number of benzene rings is 2. The van der Waals surface area contributed by atoms with Crippen molar-refractivity contribution in [3.8, 4) is 0 Å². The Morgan fingerprint density at radius 2 is 1.92 bits per heavy atom. The quantitative estimate of drug-likeness (QED) is 0.531. The first kappa shape index (κ1) is 18.3. The van der Waals surface area contributed by atoms with Gasteiger partial charge in [-0.05, 0) is 36.6 Å². The molecule has 0 heterocycles. The largest absolute Gasteiger partial charge is 0.388 e. The summed E-state index contributed by atoms with van der Waals surface area (Å²) in [4.78, 5) is 4.55. The Kier molecular flexibility index (Phi) is 7.59. The normalized spacial score (nSPS) is 12.7. The van der Waals surface area contributed by atoms with Crippen LogP contribution in [0.5, 0.6) is 0 Å². The summed E-state index contributed by atoms with van der Waals surface area (Å²) in [5.41, 5.74) is 1.99. The van der Waals surface area contributed by atoms with Gasteiger partial charge in [-0.3, -0.25) is 0 Å². The Morgan fingerprint density at radius 1 is 1.12 bits per heavy atom. The lowest BCUT2D eigenvalue weighted by Gasteiger charge is -2.14. The molecule has 4 nitrogen and oxygen atoms in total. The molecule has 0 aliphatic heterocycles. The zero-order valence-electron chi connectivity index (χ0n) is 13.9. The van der Waals surface area contributed by atoms with Gasteiger partial charge in [-0.2, -0.15) is 0 Å². The summed E-state index contributed by atoms with van der Waals surface area (Å²) < 4.78 is 0. The maximum absolute atomic E-state index is 10.2. The van der Waals surface area contributed by atoms with E-state index in [0.29, 0.717) is 24.5 Å². The first-order valence-electron chi connectivity index (χ1n) is 8.18. The van der Waals surface area contributed by atoms with Gasteiger partial charge in [0, 0.05) is 18.1 Å². The third-order valence-corrected chi connectivity index (χ3v) is 3.78. The van der Waals surface area contributed by atoms with E-state index < -0.39 is 6.10 Å². The maximum Gasteiger partial charge on any atom is 0.191 e. The van der Waals surface area contributed by atoms with E-state index in [1.54, 1.807) is 0 Å². The number of hydrogen-bond donors (Lipinski definition) is 3. The highest BCUT2D eigenvalue weighted by atomic mass is 35.5. The van der Waals surface area contributed by atoms with Crippen molar-refractivity contribution in [3.63, 3.8) is 0 Å². The molecule has 1 atom stereocenters. The summed E-state index contributed by atoms with van der Waals surface area (Å²) in [5.74, 6) is 0.734. The van der Waals surface area contributed by atoms with Crippen molar-refractivity contribution < 1.29 is 5.11 Å². The topological polar surface area (TPSA) is 56.7 Å². The van der Waals surface area contributed by atoms with E-state index in [1.807, 2.05) is 61.5 Å². The molecule has 0 saturated heterocycles. The van der Waals surface area contributed by atoms with Crippen LogP contribution in [0, 0.1) is 0 Å². The molecule has 0 aromatic heterocycles. The Hall–Kier alpha value is -2.04. The molecule has 24 heavy (non-hydrogen) atoms. The zero-order chi connectivity index (χ0) is 17.2. The van der Waals surface area contributed by atoms with Gasteiger partial charge in [-0.15, -0.1) is 0 Å². The van der Waals surface area contributed by atoms with Gasteiger partial charge in [-0.1, -0.05) is 54.1 Å². The number of hydrogen-bond acceptors (Lipinski definition) is 2. The van der Waals surface area contributed by atoms with Gasteiger partial charge in [0.25, 0.3) is 0 Å². The van der Waals surface area contributed by atoms with Crippen LogP contribution in [0.25, 0.3) is 0 Å². The van der Waals surface area contributed by atoms with Crippen LogP contribution >= 0.6 is 11.6 Å². The molecule has 0 saturated carbocycles. The Morgan fingerprint density at radius 3 is 2.62 bits per heavy atom. The molecule has 3 N–H and O–H groups in total. The minimum absolute atomic E-state index is 0.477. The number of aliphatic hydroxyl groups is 1.